The molecule has 0 aliphatic rings. The maximum absolute atomic E-state index is 2.38. The zero-order valence-corrected chi connectivity index (χ0v) is 14.2. The molecule has 0 heteroatoms. The molecule has 0 fully saturated rings. The number of aryl methyl sites for hydroxylation is 3. The topological polar surface area (TPSA) is 0 Å². The third-order valence-electron chi connectivity index (χ3n) is 4.42. The van der Waals surface area contributed by atoms with E-state index < -0.39 is 0 Å². The minimum absolute atomic E-state index is 0.551. The summed E-state index contributed by atoms with van der Waals surface area (Å²) in [7, 11) is 0. The van der Waals surface area contributed by atoms with Gasteiger partial charge in [0.2, 0.25) is 0 Å². The lowest BCUT2D eigenvalue weighted by atomic mass is 9.90. The highest BCUT2D eigenvalue weighted by Crippen LogP contribution is 2.33. The van der Waals surface area contributed by atoms with E-state index in [9.17, 15) is 0 Å². The van der Waals surface area contributed by atoms with E-state index in [1.807, 2.05) is 0 Å². The molecule has 0 nitrogen and oxygen atoms in total. The second-order valence-electron chi connectivity index (χ2n) is 6.77. The van der Waals surface area contributed by atoms with Gasteiger partial charge >= 0.3 is 0 Å². The highest BCUT2D eigenvalue weighted by atomic mass is 14.1. The molecule has 3 aromatic carbocycles. The number of hydrogen-bond acceptors (Lipinski definition) is 0. The maximum Gasteiger partial charge on any atom is -0.00999 e. The Morgan fingerprint density at radius 1 is 0.727 bits per heavy atom. The Hall–Kier alpha value is -2.08. The SMILES string of the molecule is Cc1cc(C)cc(-c2cccc3c(C)cc(C(C)C)cc23)c1. The molecule has 0 aliphatic carbocycles. The van der Waals surface area contributed by atoms with Gasteiger partial charge in [0.05, 0.1) is 0 Å². The van der Waals surface area contributed by atoms with Gasteiger partial charge < -0.3 is 0 Å². The summed E-state index contributed by atoms with van der Waals surface area (Å²) in [5.41, 5.74) is 8.10. The van der Waals surface area contributed by atoms with Gasteiger partial charge in [0.25, 0.3) is 0 Å². The fourth-order valence-corrected chi connectivity index (χ4v) is 3.32. The summed E-state index contributed by atoms with van der Waals surface area (Å²) in [6, 6.07) is 18.2. The number of benzene rings is 3. The van der Waals surface area contributed by atoms with Crippen LogP contribution in [0.5, 0.6) is 0 Å². The van der Waals surface area contributed by atoms with Gasteiger partial charge in [-0.3, -0.25) is 0 Å². The van der Waals surface area contributed by atoms with Crippen LogP contribution in [0.25, 0.3) is 21.9 Å². The maximum atomic E-state index is 2.38. The smallest absolute Gasteiger partial charge is 0.00999 e. The average Bonchev–Trinajstić information content (AvgIpc) is 2.45. The van der Waals surface area contributed by atoms with E-state index in [4.69, 9.17) is 0 Å². The number of fused-ring (bicyclic) bond motifs is 1. The van der Waals surface area contributed by atoms with Crippen LogP contribution < -0.4 is 0 Å². The Kier molecular flexibility index (Phi) is 3.78. The molecule has 0 amide bonds. The van der Waals surface area contributed by atoms with Crippen LogP contribution in [-0.2, 0) is 0 Å². The first-order valence-electron chi connectivity index (χ1n) is 8.07. The molecule has 3 aromatic rings. The molecule has 0 radical (unpaired) electrons. The highest BCUT2D eigenvalue weighted by molar-refractivity contribution is 5.99. The number of rotatable bonds is 2. The van der Waals surface area contributed by atoms with Crippen LogP contribution in [0.1, 0.15) is 42.0 Å². The summed E-state index contributed by atoms with van der Waals surface area (Å²) in [6.45, 7) is 11.1. The molecule has 0 spiro atoms. The van der Waals surface area contributed by atoms with Gasteiger partial charge in [0.1, 0.15) is 0 Å². The van der Waals surface area contributed by atoms with Crippen molar-refractivity contribution in [3.8, 4) is 11.1 Å². The van der Waals surface area contributed by atoms with Gasteiger partial charge in [-0.15, -0.1) is 0 Å². The first-order chi connectivity index (χ1) is 10.5. The van der Waals surface area contributed by atoms with Gasteiger partial charge in [-0.25, -0.2) is 0 Å². The van der Waals surface area contributed by atoms with E-state index in [0.29, 0.717) is 5.92 Å². The van der Waals surface area contributed by atoms with Crippen molar-refractivity contribution >= 4 is 10.8 Å². The average molecular weight is 288 g/mol. The standard InChI is InChI=1S/C22H24/c1-14(2)18-12-17(5)20-7-6-8-21(22(20)13-18)19-10-15(3)9-16(4)11-19/h6-14H,1-5H3. The zero-order chi connectivity index (χ0) is 15.9. The second kappa shape index (κ2) is 5.61. The van der Waals surface area contributed by atoms with Gasteiger partial charge in [0.15, 0.2) is 0 Å². The molecule has 22 heavy (non-hydrogen) atoms. The Bertz CT molecular complexity index is 818. The first kappa shape index (κ1) is 14.8. The molecule has 0 aromatic heterocycles. The summed E-state index contributed by atoms with van der Waals surface area (Å²) >= 11 is 0. The normalized spacial score (nSPS) is 11.4. The van der Waals surface area contributed by atoms with Crippen molar-refractivity contribution in [2.45, 2.75) is 40.5 Å². The lowest BCUT2D eigenvalue weighted by molar-refractivity contribution is 0.867. The number of hydrogen-bond donors (Lipinski definition) is 0. The Balaban J connectivity index is 2.34. The van der Waals surface area contributed by atoms with Crippen molar-refractivity contribution in [1.29, 1.82) is 0 Å². The predicted molar refractivity (Wildman–Crippen MR) is 97.7 cm³/mol. The fourth-order valence-electron chi connectivity index (χ4n) is 3.32. The lowest BCUT2D eigenvalue weighted by Crippen LogP contribution is -1.92. The largest absolute Gasteiger partial charge is 0.0610 e. The molecule has 3 rings (SSSR count). The predicted octanol–water partition coefficient (Wildman–Crippen LogP) is 6.56. The highest BCUT2D eigenvalue weighted by Gasteiger charge is 2.09. The molecule has 0 aliphatic heterocycles. The quantitative estimate of drug-likeness (QED) is 0.501. The fraction of sp³-hybridized carbons (Fsp3) is 0.273. The van der Waals surface area contributed by atoms with Gasteiger partial charge in [0, 0.05) is 0 Å². The molecule has 0 atom stereocenters. The van der Waals surface area contributed by atoms with Crippen LogP contribution in [0.15, 0.2) is 48.5 Å². The Morgan fingerprint density at radius 2 is 1.41 bits per heavy atom. The zero-order valence-electron chi connectivity index (χ0n) is 14.2. The second-order valence-corrected chi connectivity index (χ2v) is 6.77. The molecule has 0 saturated heterocycles. The minimum atomic E-state index is 0.551. The third-order valence-corrected chi connectivity index (χ3v) is 4.42. The van der Waals surface area contributed by atoms with Crippen LogP contribution in [-0.4, -0.2) is 0 Å². The van der Waals surface area contributed by atoms with Gasteiger partial charge in [-0.1, -0.05) is 73.5 Å². The van der Waals surface area contributed by atoms with Gasteiger partial charge in [-0.05, 0) is 59.7 Å². The van der Waals surface area contributed by atoms with Crippen molar-refractivity contribution in [2.24, 2.45) is 0 Å². The minimum Gasteiger partial charge on any atom is -0.0610 e. The summed E-state index contributed by atoms with van der Waals surface area (Å²) in [5.74, 6) is 0.551. The summed E-state index contributed by atoms with van der Waals surface area (Å²) in [6.07, 6.45) is 0. The van der Waals surface area contributed by atoms with E-state index in [1.165, 1.54) is 44.2 Å². The van der Waals surface area contributed by atoms with Crippen molar-refractivity contribution in [3.05, 3.63) is 70.8 Å². The third kappa shape index (κ3) is 2.66. The Labute approximate surface area is 133 Å². The molecule has 0 bridgehead atoms. The summed E-state index contributed by atoms with van der Waals surface area (Å²) < 4.78 is 0. The van der Waals surface area contributed by atoms with Crippen LogP contribution in [0.3, 0.4) is 0 Å². The van der Waals surface area contributed by atoms with Crippen molar-refractivity contribution < 1.29 is 0 Å². The van der Waals surface area contributed by atoms with Crippen molar-refractivity contribution in [2.75, 3.05) is 0 Å². The van der Waals surface area contributed by atoms with Crippen LogP contribution in [0.4, 0.5) is 0 Å². The molecule has 0 saturated carbocycles. The molecular formula is C22H24. The molecule has 112 valence electrons. The van der Waals surface area contributed by atoms with Crippen molar-refractivity contribution in [3.63, 3.8) is 0 Å². The van der Waals surface area contributed by atoms with Crippen LogP contribution >= 0.6 is 0 Å². The van der Waals surface area contributed by atoms with Crippen molar-refractivity contribution in [1.82, 2.24) is 0 Å². The molecule has 0 unspecified atom stereocenters. The molecule has 0 heterocycles. The monoisotopic (exact) mass is 288 g/mol. The van der Waals surface area contributed by atoms with E-state index in [-0.39, 0.29) is 0 Å². The Morgan fingerprint density at radius 3 is 2.05 bits per heavy atom. The molecular weight excluding hydrogens is 264 g/mol. The lowest BCUT2D eigenvalue weighted by Gasteiger charge is -2.14. The summed E-state index contributed by atoms with van der Waals surface area (Å²) in [4.78, 5) is 0. The van der Waals surface area contributed by atoms with Crippen LogP contribution in [0.2, 0.25) is 0 Å². The van der Waals surface area contributed by atoms with Gasteiger partial charge in [-0.2, -0.15) is 0 Å². The van der Waals surface area contributed by atoms with E-state index in [2.05, 4.69) is 83.1 Å². The van der Waals surface area contributed by atoms with Crippen LogP contribution in [0, 0.1) is 20.8 Å². The first-order valence-corrected chi connectivity index (χ1v) is 8.07. The van der Waals surface area contributed by atoms with E-state index in [1.54, 1.807) is 0 Å². The summed E-state index contributed by atoms with van der Waals surface area (Å²) in [5, 5.41) is 2.73. The molecule has 0 N–H and O–H groups in total. The van der Waals surface area contributed by atoms with E-state index in [0.717, 1.165) is 0 Å². The van der Waals surface area contributed by atoms with E-state index >= 15 is 0 Å².